The van der Waals surface area contributed by atoms with Crippen LogP contribution in [-0.2, 0) is 14.9 Å². The SMILES string of the molecule is C=C(C)C(=O)NC(C)S(=O)(=O)O.[H-].[K+]. The van der Waals surface area contributed by atoms with Crippen LogP contribution in [0.15, 0.2) is 12.2 Å². The van der Waals surface area contributed by atoms with Crippen molar-refractivity contribution in [3.8, 4) is 0 Å². The minimum atomic E-state index is -4.20. The fourth-order valence-electron chi connectivity index (χ4n) is 0.382. The zero-order chi connectivity index (χ0) is 9.94. The van der Waals surface area contributed by atoms with E-state index in [4.69, 9.17) is 4.55 Å². The van der Waals surface area contributed by atoms with Gasteiger partial charge in [0.1, 0.15) is 0 Å². The van der Waals surface area contributed by atoms with Crippen molar-refractivity contribution in [1.29, 1.82) is 0 Å². The quantitative estimate of drug-likeness (QED) is 0.310. The third kappa shape index (κ3) is 6.78. The molecule has 1 amide bonds. The van der Waals surface area contributed by atoms with Gasteiger partial charge in [0.05, 0.1) is 0 Å². The molecule has 13 heavy (non-hydrogen) atoms. The molecular formula is C6H12KNO4S. The van der Waals surface area contributed by atoms with Crippen LogP contribution in [-0.4, -0.2) is 24.3 Å². The predicted octanol–water partition coefficient (Wildman–Crippen LogP) is -2.97. The molecule has 1 unspecified atom stereocenters. The van der Waals surface area contributed by atoms with E-state index >= 15 is 0 Å². The zero-order valence-electron chi connectivity index (χ0n) is 8.86. The van der Waals surface area contributed by atoms with Gasteiger partial charge in [-0.3, -0.25) is 9.35 Å². The van der Waals surface area contributed by atoms with E-state index in [1.54, 1.807) is 0 Å². The molecule has 7 heteroatoms. The summed E-state index contributed by atoms with van der Waals surface area (Å²) in [5.41, 5.74) is 0.186. The normalized spacial score (nSPS) is 12.5. The Bertz CT molecular complexity index is 303. The Morgan fingerprint density at radius 3 is 2.23 bits per heavy atom. The molecule has 0 aliphatic carbocycles. The van der Waals surface area contributed by atoms with Crippen LogP contribution in [0.1, 0.15) is 15.3 Å². The van der Waals surface area contributed by atoms with E-state index in [0.29, 0.717) is 0 Å². The molecule has 0 rings (SSSR count). The van der Waals surface area contributed by atoms with Crippen LogP contribution in [0.5, 0.6) is 0 Å². The molecule has 0 saturated carbocycles. The van der Waals surface area contributed by atoms with E-state index in [1.165, 1.54) is 6.92 Å². The van der Waals surface area contributed by atoms with Gasteiger partial charge < -0.3 is 6.74 Å². The minimum Gasteiger partial charge on any atom is -1.00 e. The van der Waals surface area contributed by atoms with Gasteiger partial charge in [0.25, 0.3) is 10.1 Å². The molecule has 0 saturated heterocycles. The van der Waals surface area contributed by atoms with Gasteiger partial charge in [-0.15, -0.1) is 0 Å². The summed E-state index contributed by atoms with van der Waals surface area (Å²) in [7, 11) is -4.20. The molecule has 0 aromatic rings. The van der Waals surface area contributed by atoms with Gasteiger partial charge in [-0.05, 0) is 13.8 Å². The summed E-state index contributed by atoms with van der Waals surface area (Å²) < 4.78 is 29.2. The van der Waals surface area contributed by atoms with Crippen molar-refractivity contribution in [2.75, 3.05) is 0 Å². The third-order valence-electron chi connectivity index (χ3n) is 1.17. The predicted molar refractivity (Wildman–Crippen MR) is 45.1 cm³/mol. The maximum Gasteiger partial charge on any atom is 1.00 e. The van der Waals surface area contributed by atoms with Crippen molar-refractivity contribution in [2.45, 2.75) is 19.2 Å². The van der Waals surface area contributed by atoms with E-state index in [9.17, 15) is 13.2 Å². The summed E-state index contributed by atoms with van der Waals surface area (Å²) in [5, 5.41) is 0.739. The van der Waals surface area contributed by atoms with Gasteiger partial charge in [0.2, 0.25) is 5.91 Å². The Morgan fingerprint density at radius 1 is 1.62 bits per heavy atom. The van der Waals surface area contributed by atoms with Gasteiger partial charge in [0.15, 0.2) is 5.37 Å². The summed E-state index contributed by atoms with van der Waals surface area (Å²) in [6, 6.07) is 0. The largest absolute Gasteiger partial charge is 1.00 e. The smallest absolute Gasteiger partial charge is 1.00 e. The first-order chi connectivity index (χ1) is 5.25. The van der Waals surface area contributed by atoms with Crippen LogP contribution < -0.4 is 56.7 Å². The number of hydrogen-bond acceptors (Lipinski definition) is 3. The van der Waals surface area contributed by atoms with Crippen LogP contribution in [0.3, 0.4) is 0 Å². The fraction of sp³-hybridized carbons (Fsp3) is 0.500. The van der Waals surface area contributed by atoms with Crippen LogP contribution in [0.2, 0.25) is 0 Å². The molecule has 0 aliphatic rings. The van der Waals surface area contributed by atoms with Crippen LogP contribution in [0.4, 0.5) is 0 Å². The number of hydrogen-bond donors (Lipinski definition) is 2. The van der Waals surface area contributed by atoms with Crippen molar-refractivity contribution in [1.82, 2.24) is 5.32 Å². The van der Waals surface area contributed by atoms with Crippen LogP contribution in [0, 0.1) is 0 Å². The Hall–Kier alpha value is 0.756. The molecule has 2 N–H and O–H groups in total. The number of nitrogens with one attached hydrogen (secondary N) is 1. The number of carbonyl (C=O) groups excluding carboxylic acids is 1. The van der Waals surface area contributed by atoms with E-state index in [1.807, 2.05) is 5.32 Å². The van der Waals surface area contributed by atoms with Gasteiger partial charge in [-0.25, -0.2) is 0 Å². The fourth-order valence-corrected chi connectivity index (χ4v) is 0.638. The monoisotopic (exact) mass is 233 g/mol. The second-order valence-electron chi connectivity index (χ2n) is 2.41. The first kappa shape index (κ1) is 16.2. The summed E-state index contributed by atoms with van der Waals surface area (Å²) in [4.78, 5) is 10.8. The zero-order valence-corrected chi connectivity index (χ0v) is 11.8. The molecule has 0 aromatic carbocycles. The van der Waals surface area contributed by atoms with E-state index in [-0.39, 0.29) is 58.4 Å². The second kappa shape index (κ2) is 6.28. The molecule has 0 fully saturated rings. The molecule has 72 valence electrons. The summed E-state index contributed by atoms with van der Waals surface area (Å²) in [5.74, 6) is -0.597. The van der Waals surface area contributed by atoms with Crippen molar-refractivity contribution in [3.63, 3.8) is 0 Å². The number of carbonyl (C=O) groups is 1. The Kier molecular flexibility index (Phi) is 7.82. The average Bonchev–Trinajstić information content (AvgIpc) is 1.85. The summed E-state index contributed by atoms with van der Waals surface area (Å²) in [6.07, 6.45) is 0. The minimum absolute atomic E-state index is 0. The molecule has 5 nitrogen and oxygen atoms in total. The van der Waals surface area contributed by atoms with Crippen molar-refractivity contribution in [2.24, 2.45) is 0 Å². The number of amides is 1. The van der Waals surface area contributed by atoms with Crippen LogP contribution >= 0.6 is 0 Å². The second-order valence-corrected chi connectivity index (χ2v) is 4.15. The maximum absolute atomic E-state index is 10.8. The van der Waals surface area contributed by atoms with Gasteiger partial charge in [0, 0.05) is 5.57 Å². The van der Waals surface area contributed by atoms with Crippen molar-refractivity contribution in [3.05, 3.63) is 12.2 Å². The Balaban J connectivity index is -0.000000605. The molecule has 0 bridgehead atoms. The molecule has 0 heterocycles. The molecule has 1 atom stereocenters. The maximum atomic E-state index is 10.8. The topological polar surface area (TPSA) is 83.5 Å². The van der Waals surface area contributed by atoms with E-state index in [2.05, 4.69) is 6.58 Å². The average molecular weight is 233 g/mol. The Morgan fingerprint density at radius 2 is 2.00 bits per heavy atom. The molecule has 0 radical (unpaired) electrons. The molecule has 0 aromatic heterocycles. The van der Waals surface area contributed by atoms with Crippen molar-refractivity contribution >= 4 is 16.0 Å². The van der Waals surface area contributed by atoms with Gasteiger partial charge >= 0.3 is 51.4 Å². The van der Waals surface area contributed by atoms with E-state index < -0.39 is 21.4 Å². The molecular weight excluding hydrogens is 221 g/mol. The summed E-state index contributed by atoms with van der Waals surface area (Å²) in [6.45, 7) is 5.90. The third-order valence-corrected chi connectivity index (χ3v) is 2.18. The number of rotatable bonds is 3. The van der Waals surface area contributed by atoms with Gasteiger partial charge in [-0.2, -0.15) is 8.42 Å². The first-order valence-electron chi connectivity index (χ1n) is 3.18. The molecule has 0 spiro atoms. The summed E-state index contributed by atoms with van der Waals surface area (Å²) >= 11 is 0. The Labute approximate surface area is 122 Å². The van der Waals surface area contributed by atoms with Crippen molar-refractivity contribution < 1.29 is 70.6 Å². The van der Waals surface area contributed by atoms with E-state index in [0.717, 1.165) is 6.92 Å². The first-order valence-corrected chi connectivity index (χ1v) is 4.68. The standard InChI is InChI=1S/C6H11NO4S.K.H/c1-4(2)6(8)7-5(3)12(9,10)11;;/h5H,1H2,2-3H3,(H,7,8)(H,9,10,11);;/q;+1;-1. The molecule has 0 aliphatic heterocycles. The van der Waals surface area contributed by atoms with Crippen LogP contribution in [0.25, 0.3) is 0 Å². The van der Waals surface area contributed by atoms with Gasteiger partial charge in [-0.1, -0.05) is 6.58 Å².